The van der Waals surface area contributed by atoms with E-state index in [-0.39, 0.29) is 4.90 Å². The van der Waals surface area contributed by atoms with Crippen molar-refractivity contribution >= 4 is 27.5 Å². The zero-order chi connectivity index (χ0) is 27.2. The number of rotatable bonds is 11. The Morgan fingerprint density at radius 3 is 2.50 bits per heavy atom. The first-order chi connectivity index (χ1) is 18.1. The molecule has 0 radical (unpaired) electrons. The SMILES string of the molecule is Cc1cnc(NCc2ccc(OCCN3CCCC3)cc2)nc1Nc1cccc(S(=O)(=O)NC(C)(C)C)c1. The number of ether oxygens (including phenoxy) is 1. The third-order valence-electron chi connectivity index (χ3n) is 6.07. The van der Waals surface area contributed by atoms with Crippen LogP contribution in [0.3, 0.4) is 0 Å². The van der Waals surface area contributed by atoms with E-state index < -0.39 is 15.6 Å². The van der Waals surface area contributed by atoms with E-state index in [0.717, 1.165) is 23.4 Å². The van der Waals surface area contributed by atoms with E-state index in [1.54, 1.807) is 30.5 Å². The maximum absolute atomic E-state index is 12.7. The lowest BCUT2D eigenvalue weighted by molar-refractivity contribution is 0.238. The summed E-state index contributed by atoms with van der Waals surface area (Å²) in [6, 6.07) is 14.7. The Morgan fingerprint density at radius 2 is 1.79 bits per heavy atom. The normalized spacial score (nSPS) is 14.4. The predicted molar refractivity (Wildman–Crippen MR) is 152 cm³/mol. The molecule has 0 spiro atoms. The molecule has 0 amide bonds. The fourth-order valence-electron chi connectivity index (χ4n) is 4.18. The number of benzene rings is 2. The minimum Gasteiger partial charge on any atom is -0.492 e. The summed E-state index contributed by atoms with van der Waals surface area (Å²) in [7, 11) is -3.65. The van der Waals surface area contributed by atoms with Crippen molar-refractivity contribution in [3.63, 3.8) is 0 Å². The zero-order valence-corrected chi connectivity index (χ0v) is 23.4. The second-order valence-electron chi connectivity index (χ2n) is 10.6. The molecule has 0 bridgehead atoms. The van der Waals surface area contributed by atoms with Crippen molar-refractivity contribution in [2.45, 2.75) is 57.5 Å². The summed E-state index contributed by atoms with van der Waals surface area (Å²) in [5, 5.41) is 6.49. The third-order valence-corrected chi connectivity index (χ3v) is 7.82. The zero-order valence-electron chi connectivity index (χ0n) is 22.6. The minimum absolute atomic E-state index is 0.186. The number of hydrogen-bond donors (Lipinski definition) is 3. The van der Waals surface area contributed by atoms with Crippen LogP contribution >= 0.6 is 0 Å². The smallest absolute Gasteiger partial charge is 0.241 e. The Bertz CT molecular complexity index is 1320. The molecule has 38 heavy (non-hydrogen) atoms. The fraction of sp³-hybridized carbons (Fsp3) is 0.429. The highest BCUT2D eigenvalue weighted by atomic mass is 32.2. The van der Waals surface area contributed by atoms with Gasteiger partial charge in [0, 0.05) is 36.1 Å². The number of nitrogens with zero attached hydrogens (tertiary/aromatic N) is 3. The summed E-state index contributed by atoms with van der Waals surface area (Å²) in [5.74, 6) is 1.94. The average molecular weight is 539 g/mol. The van der Waals surface area contributed by atoms with Gasteiger partial charge in [-0.2, -0.15) is 4.98 Å². The van der Waals surface area contributed by atoms with E-state index in [1.807, 2.05) is 52.0 Å². The molecule has 2 heterocycles. The van der Waals surface area contributed by atoms with Crippen molar-refractivity contribution in [1.29, 1.82) is 0 Å². The summed E-state index contributed by atoms with van der Waals surface area (Å²) >= 11 is 0. The molecular formula is C28H38N6O3S. The Hall–Kier alpha value is -3.21. The third kappa shape index (κ3) is 8.14. The summed E-state index contributed by atoms with van der Waals surface area (Å²) in [4.78, 5) is 11.6. The van der Waals surface area contributed by atoms with E-state index in [0.29, 0.717) is 30.6 Å². The standard InChI is InChI=1S/C28H38N6O3S/c1-21-19-29-27(30-20-22-10-12-24(13-11-22)37-17-16-34-14-5-6-15-34)32-26(21)31-23-8-7-9-25(18-23)38(35,36)33-28(2,3)4/h7-13,18-19,33H,5-6,14-17,20H2,1-4H3,(H2,29,30,31,32). The van der Waals surface area contributed by atoms with Gasteiger partial charge in [-0.25, -0.2) is 18.1 Å². The molecule has 3 aromatic rings. The van der Waals surface area contributed by atoms with Crippen molar-refractivity contribution in [2.24, 2.45) is 0 Å². The van der Waals surface area contributed by atoms with Crippen LogP contribution in [0.4, 0.5) is 17.5 Å². The van der Waals surface area contributed by atoms with Gasteiger partial charge in [0.05, 0.1) is 4.90 Å². The molecule has 1 aromatic heterocycles. The Balaban J connectivity index is 1.34. The Kier molecular flexibility index (Phi) is 8.86. The van der Waals surface area contributed by atoms with Gasteiger partial charge in [0.25, 0.3) is 0 Å². The highest BCUT2D eigenvalue weighted by Crippen LogP contribution is 2.23. The number of likely N-dealkylation sites (tertiary alicyclic amines) is 1. The molecule has 10 heteroatoms. The van der Waals surface area contributed by atoms with Crippen molar-refractivity contribution in [2.75, 3.05) is 36.9 Å². The lowest BCUT2D eigenvalue weighted by Gasteiger charge is -2.20. The van der Waals surface area contributed by atoms with Crippen LogP contribution < -0.4 is 20.1 Å². The highest BCUT2D eigenvalue weighted by molar-refractivity contribution is 7.89. The van der Waals surface area contributed by atoms with Crippen LogP contribution in [0.2, 0.25) is 0 Å². The largest absolute Gasteiger partial charge is 0.492 e. The molecule has 1 saturated heterocycles. The maximum atomic E-state index is 12.7. The number of nitrogens with one attached hydrogen (secondary N) is 3. The van der Waals surface area contributed by atoms with Gasteiger partial charge in [-0.15, -0.1) is 0 Å². The molecular weight excluding hydrogens is 500 g/mol. The van der Waals surface area contributed by atoms with Crippen LogP contribution in [0.15, 0.2) is 59.6 Å². The van der Waals surface area contributed by atoms with E-state index >= 15 is 0 Å². The van der Waals surface area contributed by atoms with E-state index in [1.165, 1.54) is 25.9 Å². The number of aryl methyl sites for hydroxylation is 1. The van der Waals surface area contributed by atoms with Gasteiger partial charge in [-0.3, -0.25) is 4.90 Å². The molecule has 9 nitrogen and oxygen atoms in total. The lowest BCUT2D eigenvalue weighted by atomic mass is 10.1. The highest BCUT2D eigenvalue weighted by Gasteiger charge is 2.22. The van der Waals surface area contributed by atoms with Crippen LogP contribution in [-0.4, -0.2) is 55.1 Å². The molecule has 2 aromatic carbocycles. The molecule has 1 fully saturated rings. The predicted octanol–water partition coefficient (Wildman–Crippen LogP) is 4.69. The molecule has 1 aliphatic rings. The quantitative estimate of drug-likeness (QED) is 0.323. The number of anilines is 3. The number of sulfonamides is 1. The van der Waals surface area contributed by atoms with Crippen LogP contribution in [0, 0.1) is 6.92 Å². The van der Waals surface area contributed by atoms with E-state index in [2.05, 4.69) is 30.2 Å². The molecule has 0 atom stereocenters. The van der Waals surface area contributed by atoms with Crippen LogP contribution in [0.1, 0.15) is 44.7 Å². The molecule has 204 valence electrons. The Morgan fingerprint density at radius 1 is 1.05 bits per heavy atom. The van der Waals surface area contributed by atoms with E-state index in [9.17, 15) is 8.42 Å². The van der Waals surface area contributed by atoms with Gasteiger partial charge in [0.1, 0.15) is 18.2 Å². The topological polar surface area (TPSA) is 108 Å². The monoisotopic (exact) mass is 538 g/mol. The molecule has 1 aliphatic heterocycles. The van der Waals surface area contributed by atoms with Gasteiger partial charge in [-0.05, 0) is 89.5 Å². The summed E-state index contributed by atoms with van der Waals surface area (Å²) < 4.78 is 34.0. The van der Waals surface area contributed by atoms with Crippen LogP contribution in [-0.2, 0) is 16.6 Å². The molecule has 0 saturated carbocycles. The minimum atomic E-state index is -3.65. The van der Waals surface area contributed by atoms with Crippen molar-refractivity contribution in [3.05, 3.63) is 65.9 Å². The fourth-order valence-corrected chi connectivity index (χ4v) is 5.64. The van der Waals surface area contributed by atoms with Gasteiger partial charge < -0.3 is 15.4 Å². The second-order valence-corrected chi connectivity index (χ2v) is 12.3. The average Bonchev–Trinajstić information content (AvgIpc) is 3.38. The van der Waals surface area contributed by atoms with Gasteiger partial charge in [0.15, 0.2) is 0 Å². The number of hydrogen-bond acceptors (Lipinski definition) is 8. The van der Waals surface area contributed by atoms with Gasteiger partial charge >= 0.3 is 0 Å². The molecule has 4 rings (SSSR count). The molecule has 0 aliphatic carbocycles. The number of aromatic nitrogens is 2. The molecule has 0 unspecified atom stereocenters. The first-order valence-corrected chi connectivity index (χ1v) is 14.5. The molecule has 3 N–H and O–H groups in total. The van der Waals surface area contributed by atoms with Crippen LogP contribution in [0.25, 0.3) is 0 Å². The van der Waals surface area contributed by atoms with Crippen molar-refractivity contribution < 1.29 is 13.2 Å². The Labute approximate surface area is 226 Å². The summed E-state index contributed by atoms with van der Waals surface area (Å²) in [5.41, 5.74) is 1.97. The van der Waals surface area contributed by atoms with E-state index in [4.69, 9.17) is 4.74 Å². The second kappa shape index (κ2) is 12.1. The summed E-state index contributed by atoms with van der Waals surface area (Å²) in [6.07, 6.45) is 4.31. The lowest BCUT2D eigenvalue weighted by Crippen LogP contribution is -2.40. The first kappa shape index (κ1) is 27.8. The summed E-state index contributed by atoms with van der Waals surface area (Å²) in [6.45, 7) is 11.9. The van der Waals surface area contributed by atoms with Gasteiger partial charge in [0.2, 0.25) is 16.0 Å². The van der Waals surface area contributed by atoms with Gasteiger partial charge in [-0.1, -0.05) is 18.2 Å². The van der Waals surface area contributed by atoms with Crippen molar-refractivity contribution in [1.82, 2.24) is 19.6 Å². The maximum Gasteiger partial charge on any atom is 0.241 e. The van der Waals surface area contributed by atoms with Crippen LogP contribution in [0.5, 0.6) is 5.75 Å². The van der Waals surface area contributed by atoms with Crippen molar-refractivity contribution in [3.8, 4) is 5.75 Å². The first-order valence-electron chi connectivity index (χ1n) is 13.0.